The van der Waals surface area contributed by atoms with E-state index >= 15 is 0 Å². The predicted octanol–water partition coefficient (Wildman–Crippen LogP) is 1.50. The zero-order valence-electron chi connectivity index (χ0n) is 8.35. The Bertz CT molecular complexity index is 234. The lowest BCUT2D eigenvalue weighted by Crippen LogP contribution is -2.37. The number of aliphatic carboxylic acids is 1. The average molecular weight is 195 g/mol. The van der Waals surface area contributed by atoms with Crippen molar-refractivity contribution in [2.45, 2.75) is 31.7 Å². The van der Waals surface area contributed by atoms with E-state index < -0.39 is 5.97 Å². The first-order valence-corrected chi connectivity index (χ1v) is 5.39. The van der Waals surface area contributed by atoms with Gasteiger partial charge in [-0.05, 0) is 25.7 Å². The molecule has 0 bridgehead atoms. The molecule has 1 saturated carbocycles. The van der Waals surface area contributed by atoms with Crippen molar-refractivity contribution in [3.05, 3.63) is 12.2 Å². The summed E-state index contributed by atoms with van der Waals surface area (Å²) in [6.07, 6.45) is 8.22. The van der Waals surface area contributed by atoms with Crippen LogP contribution in [0.4, 0.5) is 0 Å². The van der Waals surface area contributed by atoms with Crippen LogP contribution >= 0.6 is 0 Å². The van der Waals surface area contributed by atoms with Crippen LogP contribution in [0.2, 0.25) is 0 Å². The van der Waals surface area contributed by atoms with Crippen molar-refractivity contribution in [2.24, 2.45) is 5.92 Å². The number of hydrogen-bond donors (Lipinski definition) is 1. The fraction of sp³-hybridized carbons (Fsp3) is 0.727. The van der Waals surface area contributed by atoms with E-state index in [0.29, 0.717) is 6.04 Å². The second-order valence-corrected chi connectivity index (χ2v) is 4.27. The van der Waals surface area contributed by atoms with Gasteiger partial charge in [0.15, 0.2) is 0 Å². The highest BCUT2D eigenvalue weighted by atomic mass is 16.4. The van der Waals surface area contributed by atoms with Crippen molar-refractivity contribution in [2.75, 3.05) is 13.1 Å². The van der Waals surface area contributed by atoms with Crippen molar-refractivity contribution in [1.29, 1.82) is 0 Å². The molecule has 1 fully saturated rings. The van der Waals surface area contributed by atoms with Gasteiger partial charge in [0, 0.05) is 19.1 Å². The van der Waals surface area contributed by atoms with Crippen LogP contribution < -0.4 is 0 Å². The molecule has 0 saturated heterocycles. The summed E-state index contributed by atoms with van der Waals surface area (Å²) < 4.78 is 0. The Kier molecular flexibility index (Phi) is 2.87. The molecule has 1 N–H and O–H groups in total. The lowest BCUT2D eigenvalue weighted by atomic mass is 9.85. The van der Waals surface area contributed by atoms with Crippen LogP contribution in [-0.2, 0) is 4.79 Å². The Morgan fingerprint density at radius 2 is 1.71 bits per heavy atom. The lowest BCUT2D eigenvalue weighted by Gasteiger charge is -2.33. The molecule has 1 aliphatic heterocycles. The Balaban J connectivity index is 1.81. The Morgan fingerprint density at radius 1 is 1.14 bits per heavy atom. The highest BCUT2D eigenvalue weighted by molar-refractivity contribution is 5.70. The monoisotopic (exact) mass is 195 g/mol. The maximum atomic E-state index is 10.8. The topological polar surface area (TPSA) is 40.5 Å². The summed E-state index contributed by atoms with van der Waals surface area (Å²) in [5.41, 5.74) is 0. The third-order valence-corrected chi connectivity index (χ3v) is 3.41. The van der Waals surface area contributed by atoms with Crippen LogP contribution in [0.25, 0.3) is 0 Å². The number of rotatable bonds is 2. The summed E-state index contributed by atoms with van der Waals surface area (Å²) in [7, 11) is 0. The van der Waals surface area contributed by atoms with Crippen LogP contribution in [0.1, 0.15) is 25.7 Å². The molecular formula is C11H17NO2. The molecule has 3 nitrogen and oxygen atoms in total. The van der Waals surface area contributed by atoms with Crippen molar-refractivity contribution >= 4 is 5.97 Å². The average Bonchev–Trinajstić information content (AvgIpc) is 2.71. The summed E-state index contributed by atoms with van der Waals surface area (Å²) in [4.78, 5) is 13.2. The van der Waals surface area contributed by atoms with Crippen LogP contribution in [0.15, 0.2) is 12.2 Å². The molecule has 3 heteroatoms. The van der Waals surface area contributed by atoms with E-state index in [9.17, 15) is 4.79 Å². The first-order valence-electron chi connectivity index (χ1n) is 5.39. The SMILES string of the molecule is O=C(O)C1CCC(N2CC=CC2)CC1. The van der Waals surface area contributed by atoms with Crippen LogP contribution in [0.5, 0.6) is 0 Å². The minimum Gasteiger partial charge on any atom is -0.481 e. The quantitative estimate of drug-likeness (QED) is 0.679. The molecule has 14 heavy (non-hydrogen) atoms. The number of carbonyl (C=O) groups is 1. The minimum atomic E-state index is -0.608. The molecular weight excluding hydrogens is 178 g/mol. The Morgan fingerprint density at radius 3 is 2.21 bits per heavy atom. The first kappa shape index (κ1) is 9.71. The largest absolute Gasteiger partial charge is 0.481 e. The summed E-state index contributed by atoms with van der Waals surface area (Å²) in [6.45, 7) is 2.12. The molecule has 1 aliphatic carbocycles. The van der Waals surface area contributed by atoms with Gasteiger partial charge in [-0.25, -0.2) is 0 Å². The van der Waals surface area contributed by atoms with Crippen LogP contribution in [-0.4, -0.2) is 35.1 Å². The standard InChI is InChI=1S/C11H17NO2/c13-11(14)9-3-5-10(6-4-9)12-7-1-2-8-12/h1-2,9-10H,3-8H2,(H,13,14). The van der Waals surface area contributed by atoms with E-state index in [-0.39, 0.29) is 5.92 Å². The van der Waals surface area contributed by atoms with Gasteiger partial charge in [0.25, 0.3) is 0 Å². The maximum absolute atomic E-state index is 10.8. The van der Waals surface area contributed by atoms with E-state index in [1.807, 2.05) is 0 Å². The highest BCUT2D eigenvalue weighted by Crippen LogP contribution is 2.28. The fourth-order valence-electron chi connectivity index (χ4n) is 2.48. The normalized spacial score (nSPS) is 33.4. The second kappa shape index (κ2) is 4.13. The summed E-state index contributed by atoms with van der Waals surface area (Å²) in [6, 6.07) is 0.626. The lowest BCUT2D eigenvalue weighted by molar-refractivity contribution is -0.143. The van der Waals surface area contributed by atoms with Crippen molar-refractivity contribution < 1.29 is 9.90 Å². The molecule has 0 aromatic heterocycles. The van der Waals surface area contributed by atoms with Gasteiger partial charge in [-0.15, -0.1) is 0 Å². The zero-order valence-corrected chi connectivity index (χ0v) is 8.35. The molecule has 0 unspecified atom stereocenters. The molecule has 2 rings (SSSR count). The summed E-state index contributed by atoms with van der Waals surface area (Å²) in [5.74, 6) is -0.690. The van der Waals surface area contributed by atoms with Gasteiger partial charge in [0.2, 0.25) is 0 Å². The first-order chi connectivity index (χ1) is 6.77. The second-order valence-electron chi connectivity index (χ2n) is 4.27. The molecule has 1 heterocycles. The van der Waals surface area contributed by atoms with Crippen LogP contribution in [0.3, 0.4) is 0 Å². The van der Waals surface area contributed by atoms with Crippen molar-refractivity contribution in [3.63, 3.8) is 0 Å². The molecule has 0 atom stereocenters. The number of carboxylic acid groups (broad SMARTS) is 1. The maximum Gasteiger partial charge on any atom is 0.306 e. The molecule has 78 valence electrons. The van der Waals surface area contributed by atoms with Gasteiger partial charge < -0.3 is 5.11 Å². The van der Waals surface area contributed by atoms with E-state index in [4.69, 9.17) is 5.11 Å². The van der Waals surface area contributed by atoms with Gasteiger partial charge in [-0.3, -0.25) is 9.69 Å². The highest BCUT2D eigenvalue weighted by Gasteiger charge is 2.29. The number of nitrogens with zero attached hydrogens (tertiary/aromatic N) is 1. The molecule has 0 aromatic carbocycles. The summed E-state index contributed by atoms with van der Waals surface area (Å²) in [5, 5.41) is 8.86. The van der Waals surface area contributed by atoms with Gasteiger partial charge in [0.1, 0.15) is 0 Å². The molecule has 0 aromatic rings. The Labute approximate surface area is 84.4 Å². The number of carboxylic acids is 1. The minimum absolute atomic E-state index is 0.0817. The molecule has 0 amide bonds. The Hall–Kier alpha value is -0.830. The van der Waals surface area contributed by atoms with E-state index in [1.165, 1.54) is 0 Å². The third-order valence-electron chi connectivity index (χ3n) is 3.41. The third kappa shape index (κ3) is 1.98. The number of hydrogen-bond acceptors (Lipinski definition) is 2. The van der Waals surface area contributed by atoms with Gasteiger partial charge >= 0.3 is 5.97 Å². The smallest absolute Gasteiger partial charge is 0.306 e. The van der Waals surface area contributed by atoms with E-state index in [0.717, 1.165) is 38.8 Å². The fourth-order valence-corrected chi connectivity index (χ4v) is 2.48. The zero-order chi connectivity index (χ0) is 9.97. The molecule has 0 spiro atoms. The summed E-state index contributed by atoms with van der Waals surface area (Å²) >= 11 is 0. The predicted molar refractivity (Wildman–Crippen MR) is 54.1 cm³/mol. The van der Waals surface area contributed by atoms with E-state index in [1.54, 1.807) is 0 Å². The van der Waals surface area contributed by atoms with E-state index in [2.05, 4.69) is 17.1 Å². The molecule has 0 radical (unpaired) electrons. The van der Waals surface area contributed by atoms with Gasteiger partial charge in [-0.2, -0.15) is 0 Å². The van der Waals surface area contributed by atoms with Crippen molar-refractivity contribution in [1.82, 2.24) is 4.90 Å². The van der Waals surface area contributed by atoms with Gasteiger partial charge in [0.05, 0.1) is 5.92 Å². The van der Waals surface area contributed by atoms with Gasteiger partial charge in [-0.1, -0.05) is 12.2 Å². The molecule has 2 aliphatic rings. The van der Waals surface area contributed by atoms with Crippen LogP contribution in [0, 0.1) is 5.92 Å². The van der Waals surface area contributed by atoms with Crippen molar-refractivity contribution in [3.8, 4) is 0 Å².